The molecule has 2 heteroatoms. The van der Waals surface area contributed by atoms with Crippen LogP contribution >= 0.6 is 15.9 Å². The lowest BCUT2D eigenvalue weighted by Gasteiger charge is -2.16. The van der Waals surface area contributed by atoms with Gasteiger partial charge in [-0.3, -0.25) is 0 Å². The Morgan fingerprint density at radius 1 is 1.06 bits per heavy atom. The molecule has 1 unspecified atom stereocenters. The predicted molar refractivity (Wildman–Crippen MR) is 75.3 cm³/mol. The lowest BCUT2D eigenvalue weighted by Crippen LogP contribution is -2.13. The Balaban J connectivity index is 1.82. The van der Waals surface area contributed by atoms with Gasteiger partial charge in [-0.05, 0) is 55.3 Å². The minimum atomic E-state index is 0.587. The highest BCUT2D eigenvalue weighted by molar-refractivity contribution is 9.10. The van der Waals surface area contributed by atoms with E-state index in [9.17, 15) is 0 Å². The van der Waals surface area contributed by atoms with Crippen LogP contribution in [0.25, 0.3) is 0 Å². The normalized spacial score (nSPS) is 25.6. The molecule has 1 N–H and O–H groups in total. The lowest BCUT2D eigenvalue weighted by molar-refractivity contribution is 0.645. The second-order valence-corrected chi connectivity index (χ2v) is 6.27. The van der Waals surface area contributed by atoms with Crippen molar-refractivity contribution in [3.05, 3.63) is 33.8 Å². The number of benzene rings is 1. The molecule has 0 bridgehead atoms. The van der Waals surface area contributed by atoms with Crippen LogP contribution in [0, 0.1) is 0 Å². The third-order valence-electron chi connectivity index (χ3n) is 4.28. The quantitative estimate of drug-likeness (QED) is 0.845. The second-order valence-electron chi connectivity index (χ2n) is 5.41. The van der Waals surface area contributed by atoms with Crippen molar-refractivity contribution in [3.63, 3.8) is 0 Å². The van der Waals surface area contributed by atoms with E-state index in [1.165, 1.54) is 60.7 Å². The predicted octanol–water partition coefficient (Wildman–Crippen LogP) is 4.53. The van der Waals surface area contributed by atoms with Crippen molar-refractivity contribution in [1.29, 1.82) is 0 Å². The summed E-state index contributed by atoms with van der Waals surface area (Å²) in [5.41, 5.74) is 2.99. The first kappa shape index (κ1) is 11.7. The Bertz CT molecular complexity index is 390. The molecule has 0 amide bonds. The maximum atomic E-state index is 3.78. The molecule has 1 atom stereocenters. The number of hydrogen-bond donors (Lipinski definition) is 1. The van der Waals surface area contributed by atoms with Crippen LogP contribution in [0.15, 0.2) is 22.7 Å². The number of nitrogens with one attached hydrogen (secondary N) is 1. The van der Waals surface area contributed by atoms with Gasteiger partial charge in [-0.15, -0.1) is 0 Å². The first-order valence-electron chi connectivity index (χ1n) is 6.87. The van der Waals surface area contributed by atoms with Gasteiger partial charge >= 0.3 is 0 Å². The topological polar surface area (TPSA) is 12.0 Å². The first-order valence-corrected chi connectivity index (χ1v) is 7.66. The summed E-state index contributed by atoms with van der Waals surface area (Å²) in [5, 5.41) is 3.57. The van der Waals surface area contributed by atoms with Gasteiger partial charge in [0.15, 0.2) is 0 Å². The fourth-order valence-corrected chi connectivity index (χ4v) is 4.02. The summed E-state index contributed by atoms with van der Waals surface area (Å²) in [5.74, 6) is 0.801. The van der Waals surface area contributed by atoms with Crippen LogP contribution in [0.2, 0.25) is 0 Å². The summed E-state index contributed by atoms with van der Waals surface area (Å²) in [6.45, 7) is 1.17. The molecular formula is C15H20BrN. The largest absolute Gasteiger partial charge is 0.310 e. The third kappa shape index (κ3) is 2.43. The minimum Gasteiger partial charge on any atom is -0.310 e. The van der Waals surface area contributed by atoms with E-state index in [0.29, 0.717) is 6.04 Å². The molecule has 3 rings (SSSR count). The standard InChI is InChI=1S/C15H20BrN/c16-14-10-12(15-6-3-9-17-15)7-8-13(14)11-4-1-2-5-11/h7-8,10-11,15,17H,1-6,9H2. The van der Waals surface area contributed by atoms with Crippen LogP contribution < -0.4 is 5.32 Å². The van der Waals surface area contributed by atoms with Gasteiger partial charge in [-0.1, -0.05) is 40.9 Å². The van der Waals surface area contributed by atoms with E-state index in [4.69, 9.17) is 0 Å². The summed E-state index contributed by atoms with van der Waals surface area (Å²) >= 11 is 3.78. The molecule has 1 aliphatic carbocycles. The molecule has 17 heavy (non-hydrogen) atoms. The smallest absolute Gasteiger partial charge is 0.0321 e. The summed E-state index contributed by atoms with van der Waals surface area (Å²) < 4.78 is 1.33. The highest BCUT2D eigenvalue weighted by Crippen LogP contribution is 2.39. The number of halogens is 1. The van der Waals surface area contributed by atoms with Crippen molar-refractivity contribution in [2.45, 2.75) is 50.5 Å². The van der Waals surface area contributed by atoms with Gasteiger partial charge < -0.3 is 5.32 Å². The van der Waals surface area contributed by atoms with E-state index >= 15 is 0 Å². The zero-order valence-corrected chi connectivity index (χ0v) is 11.8. The SMILES string of the molecule is Brc1cc(C2CCCN2)ccc1C1CCCC1. The zero-order valence-electron chi connectivity index (χ0n) is 10.2. The van der Waals surface area contributed by atoms with Crippen molar-refractivity contribution in [3.8, 4) is 0 Å². The van der Waals surface area contributed by atoms with E-state index in [1.807, 2.05) is 0 Å². The van der Waals surface area contributed by atoms with Crippen molar-refractivity contribution >= 4 is 15.9 Å². The average molecular weight is 294 g/mol. The Hall–Kier alpha value is -0.340. The van der Waals surface area contributed by atoms with Crippen LogP contribution in [0.5, 0.6) is 0 Å². The van der Waals surface area contributed by atoms with Gasteiger partial charge in [0.1, 0.15) is 0 Å². The van der Waals surface area contributed by atoms with E-state index in [2.05, 4.69) is 39.4 Å². The molecule has 0 radical (unpaired) electrons. The molecule has 1 nitrogen and oxygen atoms in total. The molecule has 1 aromatic carbocycles. The number of rotatable bonds is 2. The molecule has 0 spiro atoms. The monoisotopic (exact) mass is 293 g/mol. The van der Waals surface area contributed by atoms with Gasteiger partial charge in [0, 0.05) is 10.5 Å². The zero-order chi connectivity index (χ0) is 11.7. The van der Waals surface area contributed by atoms with E-state index < -0.39 is 0 Å². The molecule has 1 aromatic rings. The summed E-state index contributed by atoms with van der Waals surface area (Å²) in [7, 11) is 0. The minimum absolute atomic E-state index is 0.587. The Labute approximate surface area is 112 Å². The van der Waals surface area contributed by atoms with Crippen LogP contribution in [-0.2, 0) is 0 Å². The molecule has 1 aliphatic heterocycles. The fraction of sp³-hybridized carbons (Fsp3) is 0.600. The van der Waals surface area contributed by atoms with Crippen LogP contribution in [-0.4, -0.2) is 6.54 Å². The van der Waals surface area contributed by atoms with Crippen molar-refractivity contribution in [2.24, 2.45) is 0 Å². The van der Waals surface area contributed by atoms with Crippen LogP contribution in [0.1, 0.15) is 61.6 Å². The summed E-state index contributed by atoms with van der Waals surface area (Å²) in [4.78, 5) is 0. The Kier molecular flexibility index (Phi) is 3.53. The van der Waals surface area contributed by atoms with Gasteiger partial charge in [0.25, 0.3) is 0 Å². The molecule has 1 saturated carbocycles. The highest BCUT2D eigenvalue weighted by atomic mass is 79.9. The van der Waals surface area contributed by atoms with Gasteiger partial charge in [-0.2, -0.15) is 0 Å². The Morgan fingerprint density at radius 3 is 2.53 bits per heavy atom. The van der Waals surface area contributed by atoms with Crippen molar-refractivity contribution in [1.82, 2.24) is 5.32 Å². The molecule has 1 heterocycles. The van der Waals surface area contributed by atoms with Crippen molar-refractivity contribution in [2.75, 3.05) is 6.54 Å². The summed E-state index contributed by atoms with van der Waals surface area (Å²) in [6.07, 6.45) is 8.16. The lowest BCUT2D eigenvalue weighted by atomic mass is 9.95. The maximum Gasteiger partial charge on any atom is 0.0321 e. The van der Waals surface area contributed by atoms with Gasteiger partial charge in [0.05, 0.1) is 0 Å². The first-order chi connectivity index (χ1) is 8.34. The maximum absolute atomic E-state index is 3.78. The number of hydrogen-bond acceptors (Lipinski definition) is 1. The molecule has 2 fully saturated rings. The van der Waals surface area contributed by atoms with E-state index in [1.54, 1.807) is 0 Å². The Morgan fingerprint density at radius 2 is 1.88 bits per heavy atom. The molecule has 1 saturated heterocycles. The summed E-state index contributed by atoms with van der Waals surface area (Å²) in [6, 6.07) is 7.62. The highest BCUT2D eigenvalue weighted by Gasteiger charge is 2.21. The van der Waals surface area contributed by atoms with Crippen molar-refractivity contribution < 1.29 is 0 Å². The third-order valence-corrected chi connectivity index (χ3v) is 4.97. The molecule has 92 valence electrons. The van der Waals surface area contributed by atoms with Gasteiger partial charge in [-0.25, -0.2) is 0 Å². The van der Waals surface area contributed by atoms with Crippen LogP contribution in [0.4, 0.5) is 0 Å². The van der Waals surface area contributed by atoms with E-state index in [-0.39, 0.29) is 0 Å². The van der Waals surface area contributed by atoms with Gasteiger partial charge in [0.2, 0.25) is 0 Å². The molecule has 2 aliphatic rings. The van der Waals surface area contributed by atoms with E-state index in [0.717, 1.165) is 5.92 Å². The molecular weight excluding hydrogens is 274 g/mol. The average Bonchev–Trinajstić information content (AvgIpc) is 3.02. The van der Waals surface area contributed by atoms with Crippen LogP contribution in [0.3, 0.4) is 0 Å². The fourth-order valence-electron chi connectivity index (χ4n) is 3.30. The second kappa shape index (κ2) is 5.11. The molecule has 0 aromatic heterocycles.